The Labute approximate surface area is 111 Å². The van der Waals surface area contributed by atoms with Crippen molar-refractivity contribution in [3.63, 3.8) is 0 Å². The van der Waals surface area contributed by atoms with E-state index in [9.17, 15) is 9.59 Å². The lowest BCUT2D eigenvalue weighted by Gasteiger charge is -2.17. The van der Waals surface area contributed by atoms with E-state index in [1.807, 2.05) is 13.0 Å². The fourth-order valence-corrected chi connectivity index (χ4v) is 2.59. The summed E-state index contributed by atoms with van der Waals surface area (Å²) in [6.07, 6.45) is 1.11. The molecule has 0 radical (unpaired) electrons. The molecule has 100 valence electrons. The van der Waals surface area contributed by atoms with Gasteiger partial charge in [0, 0.05) is 19.3 Å². The highest BCUT2D eigenvalue weighted by atomic mass is 16.5. The van der Waals surface area contributed by atoms with Gasteiger partial charge in [-0.3, -0.25) is 14.5 Å². The zero-order valence-electron chi connectivity index (χ0n) is 11.0. The zero-order chi connectivity index (χ0) is 13.6. The molecule has 2 atom stereocenters. The first-order valence-electron chi connectivity index (χ1n) is 6.42. The number of carbonyl (C=O) groups excluding carboxylic acids is 2. The lowest BCUT2D eigenvalue weighted by Crippen LogP contribution is -2.26. The Hall–Kier alpha value is -1.88. The number of nitrogens with zero attached hydrogens (tertiary/aromatic N) is 1. The number of ether oxygens (including phenoxy) is 1. The third-order valence-corrected chi connectivity index (χ3v) is 3.82. The molecule has 2 heterocycles. The van der Waals surface area contributed by atoms with E-state index in [1.165, 1.54) is 7.05 Å². The van der Waals surface area contributed by atoms with Crippen LogP contribution in [0.3, 0.4) is 0 Å². The van der Waals surface area contributed by atoms with E-state index in [1.54, 1.807) is 12.1 Å². The van der Waals surface area contributed by atoms with Crippen molar-refractivity contribution in [1.29, 1.82) is 0 Å². The van der Waals surface area contributed by atoms with Gasteiger partial charge in [-0.2, -0.15) is 0 Å². The molecule has 5 heteroatoms. The van der Waals surface area contributed by atoms with E-state index in [0.717, 1.165) is 23.6 Å². The third kappa shape index (κ3) is 1.90. The molecular weight excluding hydrogens is 244 g/mol. The minimum Gasteiger partial charge on any atom is -0.380 e. The highest BCUT2D eigenvalue weighted by molar-refractivity contribution is 6.21. The number of fused-ring (bicyclic) bond motifs is 1. The maximum absolute atomic E-state index is 11.9. The first-order valence-corrected chi connectivity index (χ1v) is 6.42. The summed E-state index contributed by atoms with van der Waals surface area (Å²) in [6, 6.07) is 5.56. The molecule has 1 aromatic rings. The van der Waals surface area contributed by atoms with Gasteiger partial charge in [0.1, 0.15) is 0 Å². The fourth-order valence-electron chi connectivity index (χ4n) is 2.59. The number of hydrogen-bond acceptors (Lipinski definition) is 4. The van der Waals surface area contributed by atoms with Crippen molar-refractivity contribution < 1.29 is 14.3 Å². The van der Waals surface area contributed by atoms with Crippen LogP contribution in [0.2, 0.25) is 0 Å². The Balaban J connectivity index is 1.87. The van der Waals surface area contributed by atoms with Crippen LogP contribution in [0.5, 0.6) is 0 Å². The molecule has 3 rings (SSSR count). The molecule has 0 saturated carbocycles. The second kappa shape index (κ2) is 4.35. The van der Waals surface area contributed by atoms with Crippen LogP contribution in [-0.2, 0) is 4.74 Å². The van der Waals surface area contributed by atoms with E-state index < -0.39 is 0 Å². The summed E-state index contributed by atoms with van der Waals surface area (Å²) >= 11 is 0. The van der Waals surface area contributed by atoms with E-state index in [-0.39, 0.29) is 24.0 Å². The van der Waals surface area contributed by atoms with Gasteiger partial charge in [0.05, 0.1) is 23.3 Å². The Kier molecular flexibility index (Phi) is 2.78. The second-order valence-corrected chi connectivity index (χ2v) is 5.05. The molecule has 1 fully saturated rings. The van der Waals surface area contributed by atoms with Crippen LogP contribution in [0.4, 0.5) is 5.69 Å². The molecule has 5 nitrogen and oxygen atoms in total. The molecule has 2 aliphatic heterocycles. The lowest BCUT2D eigenvalue weighted by atomic mass is 10.1. The van der Waals surface area contributed by atoms with Crippen molar-refractivity contribution in [2.24, 2.45) is 0 Å². The summed E-state index contributed by atoms with van der Waals surface area (Å²) in [5.41, 5.74) is 1.82. The lowest BCUT2D eigenvalue weighted by molar-refractivity contribution is 0.0693. The van der Waals surface area contributed by atoms with E-state index >= 15 is 0 Å². The Bertz CT molecular complexity index is 556. The fraction of sp³-hybridized carbons (Fsp3) is 0.429. The molecule has 0 bridgehead atoms. The molecule has 19 heavy (non-hydrogen) atoms. The molecule has 2 aliphatic rings. The molecule has 1 saturated heterocycles. The Morgan fingerprint density at radius 2 is 2.00 bits per heavy atom. The first-order chi connectivity index (χ1) is 9.08. The van der Waals surface area contributed by atoms with Crippen molar-refractivity contribution >= 4 is 17.5 Å². The summed E-state index contributed by atoms with van der Waals surface area (Å²) in [6.45, 7) is 2.78. The topological polar surface area (TPSA) is 58.6 Å². The number of hydrogen-bond donors (Lipinski definition) is 1. The summed E-state index contributed by atoms with van der Waals surface area (Å²) < 4.78 is 5.49. The van der Waals surface area contributed by atoms with Crippen molar-refractivity contribution in [2.75, 3.05) is 19.0 Å². The quantitative estimate of drug-likeness (QED) is 0.819. The molecule has 0 aromatic heterocycles. The number of imide groups is 1. The van der Waals surface area contributed by atoms with Crippen LogP contribution in [0.15, 0.2) is 18.2 Å². The molecule has 1 N–H and O–H groups in total. The van der Waals surface area contributed by atoms with Crippen LogP contribution in [0.25, 0.3) is 0 Å². The highest BCUT2D eigenvalue weighted by Gasteiger charge is 2.33. The number of rotatable bonds is 2. The minimum atomic E-state index is -0.237. The van der Waals surface area contributed by atoms with Gasteiger partial charge in [-0.25, -0.2) is 0 Å². The van der Waals surface area contributed by atoms with Crippen molar-refractivity contribution in [3.8, 4) is 0 Å². The molecule has 1 aromatic carbocycles. The van der Waals surface area contributed by atoms with Gasteiger partial charge in [-0.05, 0) is 31.5 Å². The van der Waals surface area contributed by atoms with Gasteiger partial charge in [0.15, 0.2) is 0 Å². The molecule has 2 unspecified atom stereocenters. The van der Waals surface area contributed by atoms with Gasteiger partial charge >= 0.3 is 0 Å². The molecule has 0 aliphatic carbocycles. The monoisotopic (exact) mass is 260 g/mol. The number of nitrogens with one attached hydrogen (secondary N) is 1. The number of carbonyl (C=O) groups is 2. The first kappa shape index (κ1) is 12.2. The summed E-state index contributed by atoms with van der Waals surface area (Å²) in [4.78, 5) is 24.8. The van der Waals surface area contributed by atoms with Gasteiger partial charge < -0.3 is 10.1 Å². The van der Waals surface area contributed by atoms with Crippen molar-refractivity contribution in [2.45, 2.75) is 25.5 Å². The number of amides is 2. The predicted octanol–water partition coefficient (Wildman–Crippen LogP) is 1.50. The SMILES string of the molecule is CC1OCCC1Nc1ccc2c(c1)C(=O)N(C)C2=O. The summed E-state index contributed by atoms with van der Waals surface area (Å²) in [7, 11) is 1.50. The minimum absolute atomic E-state index is 0.160. The van der Waals surface area contributed by atoms with Crippen LogP contribution >= 0.6 is 0 Å². The highest BCUT2D eigenvalue weighted by Crippen LogP contribution is 2.26. The standard InChI is InChI=1S/C14H16N2O3/c1-8-12(5-6-19-8)15-9-3-4-10-11(7-9)14(18)16(2)13(10)17/h3-4,7-8,12,15H,5-6H2,1-2H3. The van der Waals surface area contributed by atoms with Crippen LogP contribution in [-0.4, -0.2) is 42.5 Å². The Morgan fingerprint density at radius 3 is 2.68 bits per heavy atom. The smallest absolute Gasteiger partial charge is 0.261 e. The average molecular weight is 260 g/mol. The summed E-state index contributed by atoms with van der Waals surface area (Å²) in [5.74, 6) is -0.469. The van der Waals surface area contributed by atoms with E-state index in [4.69, 9.17) is 4.74 Å². The zero-order valence-corrected chi connectivity index (χ0v) is 11.0. The number of anilines is 1. The predicted molar refractivity (Wildman–Crippen MR) is 70.3 cm³/mol. The maximum Gasteiger partial charge on any atom is 0.261 e. The van der Waals surface area contributed by atoms with Crippen LogP contribution in [0.1, 0.15) is 34.1 Å². The Morgan fingerprint density at radius 1 is 1.26 bits per heavy atom. The normalized spacial score (nSPS) is 25.9. The molecule has 0 spiro atoms. The second-order valence-electron chi connectivity index (χ2n) is 5.05. The summed E-state index contributed by atoms with van der Waals surface area (Å²) in [5, 5.41) is 3.36. The average Bonchev–Trinajstić information content (AvgIpc) is 2.89. The van der Waals surface area contributed by atoms with Gasteiger partial charge in [0.2, 0.25) is 0 Å². The van der Waals surface area contributed by atoms with E-state index in [2.05, 4.69) is 5.32 Å². The van der Waals surface area contributed by atoms with Gasteiger partial charge in [-0.1, -0.05) is 0 Å². The van der Waals surface area contributed by atoms with Crippen molar-refractivity contribution in [1.82, 2.24) is 4.90 Å². The largest absolute Gasteiger partial charge is 0.380 e. The van der Waals surface area contributed by atoms with Crippen LogP contribution < -0.4 is 5.32 Å². The maximum atomic E-state index is 11.9. The van der Waals surface area contributed by atoms with Gasteiger partial charge in [-0.15, -0.1) is 0 Å². The number of benzene rings is 1. The molecule has 2 amide bonds. The molecular formula is C14H16N2O3. The van der Waals surface area contributed by atoms with Crippen molar-refractivity contribution in [3.05, 3.63) is 29.3 Å². The van der Waals surface area contributed by atoms with E-state index in [0.29, 0.717) is 11.1 Å². The van der Waals surface area contributed by atoms with Crippen LogP contribution in [0, 0.1) is 0 Å². The third-order valence-electron chi connectivity index (χ3n) is 3.82. The van der Waals surface area contributed by atoms with Gasteiger partial charge in [0.25, 0.3) is 11.8 Å².